The van der Waals surface area contributed by atoms with Gasteiger partial charge in [0.15, 0.2) is 0 Å². The third kappa shape index (κ3) is 2.88. The number of carbonyl (C=O) groups is 3. The largest absolute Gasteiger partial charge is 0.299 e. The molecular formula is C23H23NO6S. The summed E-state index contributed by atoms with van der Waals surface area (Å²) in [6, 6.07) is 9.98. The average Bonchev–Trinajstić information content (AvgIpc) is 2.92. The van der Waals surface area contributed by atoms with Gasteiger partial charge < -0.3 is 0 Å². The Labute approximate surface area is 180 Å². The Bertz CT molecular complexity index is 1210. The molecule has 2 bridgehead atoms. The predicted molar refractivity (Wildman–Crippen MR) is 112 cm³/mol. The van der Waals surface area contributed by atoms with E-state index in [0.29, 0.717) is 34.6 Å². The first-order valence-electron chi connectivity index (χ1n) is 10.4. The second-order valence-electron chi connectivity index (χ2n) is 9.59. The molecule has 2 aromatic rings. The van der Waals surface area contributed by atoms with Gasteiger partial charge in [0.1, 0.15) is 5.78 Å². The maximum absolute atomic E-state index is 13.1. The van der Waals surface area contributed by atoms with Crippen LogP contribution < -0.4 is 0 Å². The highest BCUT2D eigenvalue weighted by atomic mass is 32.2. The van der Waals surface area contributed by atoms with E-state index < -0.39 is 38.5 Å². The lowest BCUT2D eigenvalue weighted by Crippen LogP contribution is -2.49. The lowest BCUT2D eigenvalue weighted by Gasteiger charge is -2.40. The van der Waals surface area contributed by atoms with E-state index in [2.05, 4.69) is 0 Å². The second-order valence-corrected chi connectivity index (χ2v) is 11.1. The average molecular weight is 442 g/mol. The van der Waals surface area contributed by atoms with Crippen LogP contribution in [-0.4, -0.2) is 36.8 Å². The van der Waals surface area contributed by atoms with Crippen molar-refractivity contribution in [1.82, 2.24) is 5.06 Å². The van der Waals surface area contributed by atoms with E-state index in [1.54, 1.807) is 24.3 Å². The van der Waals surface area contributed by atoms with Crippen molar-refractivity contribution < 1.29 is 27.1 Å². The van der Waals surface area contributed by atoms with Gasteiger partial charge in [0.25, 0.3) is 21.9 Å². The van der Waals surface area contributed by atoms with E-state index in [1.807, 2.05) is 13.8 Å². The second kappa shape index (κ2) is 6.46. The Kier molecular flexibility index (Phi) is 4.24. The molecule has 0 radical (unpaired) electrons. The summed E-state index contributed by atoms with van der Waals surface area (Å²) in [6.07, 6.45) is 2.38. The minimum Gasteiger partial charge on any atom is -0.299 e. The van der Waals surface area contributed by atoms with Gasteiger partial charge in [0, 0.05) is 11.8 Å². The van der Waals surface area contributed by atoms with Gasteiger partial charge >= 0.3 is 0 Å². The van der Waals surface area contributed by atoms with Gasteiger partial charge in [-0.05, 0) is 48.1 Å². The number of carbonyl (C=O) groups excluding carboxylic acids is 3. The number of amides is 2. The number of ketones is 1. The summed E-state index contributed by atoms with van der Waals surface area (Å²) in [6.45, 7) is 3.83. The molecule has 2 aliphatic carbocycles. The van der Waals surface area contributed by atoms with Crippen molar-refractivity contribution in [3.63, 3.8) is 0 Å². The van der Waals surface area contributed by atoms with Crippen LogP contribution >= 0.6 is 0 Å². The molecule has 1 aliphatic heterocycles. The molecule has 0 saturated heterocycles. The summed E-state index contributed by atoms with van der Waals surface area (Å²) >= 11 is 0. The summed E-state index contributed by atoms with van der Waals surface area (Å²) in [5, 5.41) is 1.53. The highest BCUT2D eigenvalue weighted by Crippen LogP contribution is 2.60. The first-order chi connectivity index (χ1) is 14.5. The van der Waals surface area contributed by atoms with Gasteiger partial charge in [0.2, 0.25) is 0 Å². The number of hydrogen-bond donors (Lipinski definition) is 0. The zero-order valence-corrected chi connectivity index (χ0v) is 18.2. The molecule has 0 spiro atoms. The fraction of sp³-hybridized carbons (Fsp3) is 0.435. The minimum atomic E-state index is -4.40. The number of benzene rings is 2. The van der Waals surface area contributed by atoms with Gasteiger partial charge in [-0.25, -0.2) is 0 Å². The molecule has 31 heavy (non-hydrogen) atoms. The Morgan fingerprint density at radius 2 is 1.61 bits per heavy atom. The summed E-state index contributed by atoms with van der Waals surface area (Å²) < 4.78 is 31.4. The molecule has 162 valence electrons. The van der Waals surface area contributed by atoms with E-state index >= 15 is 0 Å². The molecule has 1 heterocycles. The fourth-order valence-corrected chi connectivity index (χ4v) is 7.57. The van der Waals surface area contributed by atoms with Crippen LogP contribution in [0.1, 0.15) is 60.2 Å². The number of Topliss-reactive ketones (excluding diaryl/α,β-unsaturated/α-hetero) is 1. The smallest absolute Gasteiger partial charge is 0.289 e. The van der Waals surface area contributed by atoms with Crippen LogP contribution in [0.25, 0.3) is 10.8 Å². The summed E-state index contributed by atoms with van der Waals surface area (Å²) in [4.78, 5) is 38.9. The van der Waals surface area contributed by atoms with E-state index in [0.717, 1.165) is 12.8 Å². The van der Waals surface area contributed by atoms with Crippen molar-refractivity contribution in [2.75, 3.05) is 5.75 Å². The lowest BCUT2D eigenvalue weighted by molar-refractivity contribution is -0.133. The number of nitrogens with zero attached hydrogens (tertiary/aromatic N) is 1. The highest BCUT2D eigenvalue weighted by Gasteiger charge is 2.61. The molecule has 7 nitrogen and oxygen atoms in total. The third-order valence-electron chi connectivity index (χ3n) is 7.39. The molecule has 2 amide bonds. The SMILES string of the molecule is CC1(C)CC2CCC(=O)C1(CS(=O)(=O)ON1C(=O)c3cccc4cccc(c34)C1=O)C2. The van der Waals surface area contributed by atoms with Crippen LogP contribution in [0.2, 0.25) is 0 Å². The quantitative estimate of drug-likeness (QED) is 0.674. The van der Waals surface area contributed by atoms with Crippen LogP contribution in [0.4, 0.5) is 0 Å². The molecule has 2 atom stereocenters. The van der Waals surface area contributed by atoms with Crippen LogP contribution in [0.15, 0.2) is 36.4 Å². The maximum Gasteiger partial charge on any atom is 0.289 e. The molecule has 5 rings (SSSR count). The number of fused-ring (bicyclic) bond motifs is 2. The number of rotatable bonds is 4. The molecule has 0 aromatic heterocycles. The van der Waals surface area contributed by atoms with Gasteiger partial charge in [-0.1, -0.05) is 38.1 Å². The van der Waals surface area contributed by atoms with Crippen LogP contribution in [-0.2, 0) is 19.2 Å². The maximum atomic E-state index is 13.1. The molecular weight excluding hydrogens is 418 g/mol. The predicted octanol–water partition coefficient (Wildman–Crippen LogP) is 3.48. The molecule has 3 aliphatic rings. The van der Waals surface area contributed by atoms with Gasteiger partial charge in [-0.2, -0.15) is 8.42 Å². The van der Waals surface area contributed by atoms with E-state index in [-0.39, 0.29) is 16.9 Å². The van der Waals surface area contributed by atoms with Crippen molar-refractivity contribution in [3.8, 4) is 0 Å². The molecule has 2 saturated carbocycles. The van der Waals surface area contributed by atoms with Crippen LogP contribution in [0, 0.1) is 16.7 Å². The monoisotopic (exact) mass is 441 g/mol. The normalized spacial score (nSPS) is 27.2. The van der Waals surface area contributed by atoms with E-state index in [1.165, 1.54) is 12.1 Å². The summed E-state index contributed by atoms with van der Waals surface area (Å²) in [5.74, 6) is -1.97. The Hall–Kier alpha value is -2.58. The molecule has 2 unspecified atom stereocenters. The topological polar surface area (TPSA) is 97.8 Å². The van der Waals surface area contributed by atoms with Gasteiger partial charge in [-0.3, -0.25) is 14.4 Å². The van der Waals surface area contributed by atoms with Crippen molar-refractivity contribution in [2.45, 2.75) is 39.5 Å². The van der Waals surface area contributed by atoms with Crippen LogP contribution in [0.3, 0.4) is 0 Å². The van der Waals surface area contributed by atoms with E-state index in [9.17, 15) is 22.8 Å². The Balaban J connectivity index is 1.49. The van der Waals surface area contributed by atoms with Crippen molar-refractivity contribution in [2.24, 2.45) is 16.7 Å². The standard InChI is InChI=1S/C23H23NO6S/c1-22(2)11-14-9-10-18(25)23(22,12-14)13-31(28,29)30-24-20(26)16-7-3-5-15-6-4-8-17(19(15)16)21(24)27/h3-8,14H,9-13H2,1-2H3. The summed E-state index contributed by atoms with van der Waals surface area (Å²) in [7, 11) is -4.40. The first-order valence-corrected chi connectivity index (χ1v) is 12.0. The highest BCUT2D eigenvalue weighted by molar-refractivity contribution is 7.86. The molecule has 2 aromatic carbocycles. The fourth-order valence-electron chi connectivity index (χ4n) is 5.88. The minimum absolute atomic E-state index is 0.0789. The van der Waals surface area contributed by atoms with E-state index in [4.69, 9.17) is 4.28 Å². The number of hydroxylamine groups is 2. The molecule has 2 fully saturated rings. The molecule has 8 heteroatoms. The Morgan fingerprint density at radius 3 is 2.23 bits per heavy atom. The van der Waals surface area contributed by atoms with Gasteiger partial charge in [0.05, 0.1) is 22.3 Å². The molecule has 0 N–H and O–H groups in total. The number of imide groups is 1. The number of hydrogen-bond acceptors (Lipinski definition) is 6. The summed E-state index contributed by atoms with van der Waals surface area (Å²) in [5.41, 5.74) is -1.16. The third-order valence-corrected chi connectivity index (χ3v) is 8.61. The van der Waals surface area contributed by atoms with Crippen LogP contribution in [0.5, 0.6) is 0 Å². The van der Waals surface area contributed by atoms with Gasteiger partial charge in [-0.15, -0.1) is 9.35 Å². The van der Waals surface area contributed by atoms with Crippen molar-refractivity contribution in [1.29, 1.82) is 0 Å². The lowest BCUT2D eigenvalue weighted by atomic mass is 9.65. The van der Waals surface area contributed by atoms with Crippen molar-refractivity contribution >= 4 is 38.5 Å². The zero-order valence-electron chi connectivity index (χ0n) is 17.4. The zero-order chi connectivity index (χ0) is 22.2. The van der Waals surface area contributed by atoms with Crippen molar-refractivity contribution in [3.05, 3.63) is 47.5 Å². The Morgan fingerprint density at radius 1 is 1.00 bits per heavy atom. The first kappa shape index (κ1) is 20.3.